The average Bonchev–Trinajstić information content (AvgIpc) is 2.47. The van der Waals surface area contributed by atoms with E-state index in [2.05, 4.69) is 27.8 Å². The van der Waals surface area contributed by atoms with Crippen LogP contribution in [0, 0.1) is 0 Å². The van der Waals surface area contributed by atoms with Crippen LogP contribution in [0.5, 0.6) is 5.75 Å². The summed E-state index contributed by atoms with van der Waals surface area (Å²) in [7, 11) is -0.0154. The first kappa shape index (κ1) is 16.7. The van der Waals surface area contributed by atoms with Gasteiger partial charge >= 0.3 is 0 Å². The molecule has 0 aromatic heterocycles. The molecule has 0 bridgehead atoms. The zero-order valence-electron chi connectivity index (χ0n) is 12.5. The molecule has 118 valence electrons. The lowest BCUT2D eigenvalue weighted by Gasteiger charge is -2.38. The molecule has 1 saturated heterocycles. The van der Waals surface area contributed by atoms with Crippen LogP contribution in [0.3, 0.4) is 0 Å². The van der Waals surface area contributed by atoms with Crippen molar-refractivity contribution in [3.63, 3.8) is 0 Å². The first-order chi connectivity index (χ1) is 9.90. The summed E-state index contributed by atoms with van der Waals surface area (Å²) in [5.74, 6) is 0.380. The molecule has 0 aliphatic carbocycles. The molecule has 5 nitrogen and oxygen atoms in total. The smallest absolute Gasteiger partial charge is 0.246 e. The van der Waals surface area contributed by atoms with Crippen LogP contribution < -0.4 is 4.74 Å². The molecule has 1 aromatic carbocycles. The lowest BCUT2D eigenvalue weighted by Crippen LogP contribution is -2.52. The van der Waals surface area contributed by atoms with Crippen molar-refractivity contribution in [2.75, 3.05) is 33.8 Å². The zero-order valence-corrected chi connectivity index (χ0v) is 14.9. The fraction of sp³-hybridized carbons (Fsp3) is 0.571. The number of methoxy groups -OCH3 is 1. The molecule has 1 fully saturated rings. The number of hydrogen-bond acceptors (Lipinski definition) is 4. The fourth-order valence-electron chi connectivity index (χ4n) is 2.57. The molecule has 0 spiro atoms. The summed E-state index contributed by atoms with van der Waals surface area (Å²) in [5, 5.41) is 0. The number of rotatable bonds is 4. The van der Waals surface area contributed by atoms with Gasteiger partial charge in [-0.2, -0.15) is 4.31 Å². The van der Waals surface area contributed by atoms with E-state index in [4.69, 9.17) is 4.74 Å². The van der Waals surface area contributed by atoms with Crippen LogP contribution in [0.15, 0.2) is 27.6 Å². The Balaban J connectivity index is 2.36. The average molecular weight is 377 g/mol. The first-order valence-corrected chi connectivity index (χ1v) is 9.17. The van der Waals surface area contributed by atoms with Crippen molar-refractivity contribution in [1.82, 2.24) is 9.21 Å². The molecule has 1 unspecified atom stereocenters. The van der Waals surface area contributed by atoms with Crippen LogP contribution in [0.1, 0.15) is 13.3 Å². The van der Waals surface area contributed by atoms with E-state index in [0.717, 1.165) is 17.4 Å². The van der Waals surface area contributed by atoms with Gasteiger partial charge in [-0.1, -0.05) is 22.9 Å². The topological polar surface area (TPSA) is 49.9 Å². The Morgan fingerprint density at radius 3 is 2.71 bits per heavy atom. The summed E-state index contributed by atoms with van der Waals surface area (Å²) < 4.78 is 33.3. The molecule has 1 aromatic rings. The molecule has 1 atom stereocenters. The number of ether oxygens (including phenoxy) is 1. The van der Waals surface area contributed by atoms with E-state index in [-0.39, 0.29) is 10.9 Å². The molecule has 0 radical (unpaired) electrons. The lowest BCUT2D eigenvalue weighted by molar-refractivity contribution is 0.144. The maximum Gasteiger partial charge on any atom is 0.246 e. The van der Waals surface area contributed by atoms with Gasteiger partial charge in [0.1, 0.15) is 10.6 Å². The molecular weight excluding hydrogens is 356 g/mol. The zero-order chi connectivity index (χ0) is 15.6. The van der Waals surface area contributed by atoms with Gasteiger partial charge in [-0.3, -0.25) is 0 Å². The standard InChI is InChI=1S/C14H21BrN2O3S/c1-4-12-10-17(8-7-16(12)2)21(18,19)14-9-11(15)5-6-13(14)20-3/h5-6,9,12H,4,7-8,10H2,1-3H3. The number of benzene rings is 1. The first-order valence-electron chi connectivity index (χ1n) is 6.94. The summed E-state index contributed by atoms with van der Waals surface area (Å²) in [6, 6.07) is 5.31. The second kappa shape index (κ2) is 6.64. The third-order valence-corrected chi connectivity index (χ3v) is 6.33. The molecule has 7 heteroatoms. The Kier molecular flexibility index (Phi) is 5.29. The van der Waals surface area contributed by atoms with E-state index < -0.39 is 10.0 Å². The minimum Gasteiger partial charge on any atom is -0.495 e. The Hall–Kier alpha value is -0.630. The molecule has 0 saturated carbocycles. The van der Waals surface area contributed by atoms with Crippen molar-refractivity contribution >= 4 is 26.0 Å². The predicted octanol–water partition coefficient (Wildman–Crippen LogP) is 2.17. The van der Waals surface area contributed by atoms with E-state index >= 15 is 0 Å². The maximum atomic E-state index is 12.9. The highest BCUT2D eigenvalue weighted by atomic mass is 79.9. The highest BCUT2D eigenvalue weighted by molar-refractivity contribution is 9.10. The summed E-state index contributed by atoms with van der Waals surface area (Å²) in [5.41, 5.74) is 0. The third-order valence-electron chi connectivity index (χ3n) is 3.95. The highest BCUT2D eigenvalue weighted by Gasteiger charge is 2.33. The van der Waals surface area contributed by atoms with Gasteiger partial charge in [0.15, 0.2) is 0 Å². The molecule has 0 amide bonds. The van der Waals surface area contributed by atoms with Crippen LogP contribution in [0.2, 0.25) is 0 Å². The van der Waals surface area contributed by atoms with Gasteiger partial charge in [0, 0.05) is 30.1 Å². The van der Waals surface area contributed by atoms with Gasteiger partial charge in [-0.15, -0.1) is 0 Å². The second-order valence-corrected chi connectivity index (χ2v) is 8.02. The third kappa shape index (κ3) is 3.41. The molecule has 2 rings (SSSR count). The number of piperazine rings is 1. The minimum atomic E-state index is -3.54. The van der Waals surface area contributed by atoms with E-state index in [1.807, 2.05) is 7.05 Å². The monoisotopic (exact) mass is 376 g/mol. The van der Waals surface area contributed by atoms with E-state index in [0.29, 0.717) is 18.8 Å². The molecule has 1 aliphatic heterocycles. The van der Waals surface area contributed by atoms with E-state index in [9.17, 15) is 8.42 Å². The fourth-order valence-corrected chi connectivity index (χ4v) is 4.73. The van der Waals surface area contributed by atoms with Crippen molar-refractivity contribution < 1.29 is 13.2 Å². The summed E-state index contributed by atoms with van der Waals surface area (Å²) in [4.78, 5) is 2.43. The minimum absolute atomic E-state index is 0.221. The largest absolute Gasteiger partial charge is 0.495 e. The molecule has 0 N–H and O–H groups in total. The summed E-state index contributed by atoms with van der Waals surface area (Å²) >= 11 is 3.33. The van der Waals surface area contributed by atoms with Crippen LogP contribution in [0.4, 0.5) is 0 Å². The van der Waals surface area contributed by atoms with Crippen LogP contribution in [-0.2, 0) is 10.0 Å². The summed E-state index contributed by atoms with van der Waals surface area (Å²) in [6.45, 7) is 3.85. The molecule has 1 aliphatic rings. The molecule has 21 heavy (non-hydrogen) atoms. The predicted molar refractivity (Wildman–Crippen MR) is 86.2 cm³/mol. The Morgan fingerprint density at radius 2 is 2.10 bits per heavy atom. The van der Waals surface area contributed by atoms with Crippen molar-refractivity contribution in [2.45, 2.75) is 24.3 Å². The van der Waals surface area contributed by atoms with Gasteiger partial charge in [0.25, 0.3) is 0 Å². The summed E-state index contributed by atoms with van der Waals surface area (Å²) in [6.07, 6.45) is 0.929. The number of likely N-dealkylation sites (N-methyl/N-ethyl adjacent to an activating group) is 1. The Morgan fingerprint density at radius 1 is 1.38 bits per heavy atom. The number of halogens is 1. The quantitative estimate of drug-likeness (QED) is 0.807. The van der Waals surface area contributed by atoms with Gasteiger partial charge < -0.3 is 9.64 Å². The van der Waals surface area contributed by atoms with Gasteiger partial charge in [-0.25, -0.2) is 8.42 Å². The van der Waals surface area contributed by atoms with E-state index in [1.165, 1.54) is 7.11 Å². The Bertz CT molecular complexity index is 606. The number of nitrogens with zero attached hydrogens (tertiary/aromatic N) is 2. The lowest BCUT2D eigenvalue weighted by atomic mass is 10.1. The molecule has 1 heterocycles. The number of sulfonamides is 1. The van der Waals surface area contributed by atoms with Crippen LogP contribution in [-0.4, -0.2) is 57.5 Å². The van der Waals surface area contributed by atoms with Crippen molar-refractivity contribution in [1.29, 1.82) is 0 Å². The van der Waals surface area contributed by atoms with Crippen LogP contribution in [0.25, 0.3) is 0 Å². The van der Waals surface area contributed by atoms with Crippen LogP contribution >= 0.6 is 15.9 Å². The maximum absolute atomic E-state index is 12.9. The highest BCUT2D eigenvalue weighted by Crippen LogP contribution is 2.30. The molecular formula is C14H21BrN2O3S. The van der Waals surface area contributed by atoms with E-state index in [1.54, 1.807) is 22.5 Å². The number of hydrogen-bond donors (Lipinski definition) is 0. The SMILES string of the molecule is CCC1CN(S(=O)(=O)c2cc(Br)ccc2OC)CCN1C. The van der Waals surface area contributed by atoms with Gasteiger partial charge in [0.05, 0.1) is 7.11 Å². The van der Waals surface area contributed by atoms with Gasteiger partial charge in [-0.05, 0) is 31.7 Å². The normalized spacial score (nSPS) is 21.4. The van der Waals surface area contributed by atoms with Gasteiger partial charge in [0.2, 0.25) is 10.0 Å². The van der Waals surface area contributed by atoms with Crippen molar-refractivity contribution in [2.24, 2.45) is 0 Å². The Labute approximate surface area is 135 Å². The van der Waals surface area contributed by atoms with Crippen molar-refractivity contribution in [3.05, 3.63) is 22.7 Å². The second-order valence-electron chi connectivity index (χ2n) is 5.20. The van der Waals surface area contributed by atoms with Crippen molar-refractivity contribution in [3.8, 4) is 5.75 Å².